The average molecular weight is 790 g/mol. The number of nitrogens with one attached hydrogen (secondary N) is 2. The van der Waals surface area contributed by atoms with Gasteiger partial charge in [0.2, 0.25) is 11.8 Å². The molecule has 4 aliphatic heterocycles. The Hall–Kier alpha value is -5.25. The van der Waals surface area contributed by atoms with Crippen LogP contribution in [0.1, 0.15) is 113 Å². The number of imide groups is 2. The van der Waals surface area contributed by atoms with Gasteiger partial charge in [-0.05, 0) is 130 Å². The monoisotopic (exact) mass is 789 g/mol. The van der Waals surface area contributed by atoms with Crippen LogP contribution in [-0.2, 0) is 22.7 Å². The van der Waals surface area contributed by atoms with Crippen molar-refractivity contribution in [3.63, 3.8) is 0 Å². The van der Waals surface area contributed by atoms with Crippen molar-refractivity contribution in [3.05, 3.63) is 93.0 Å². The summed E-state index contributed by atoms with van der Waals surface area (Å²) in [5, 5.41) is 15.3. The summed E-state index contributed by atoms with van der Waals surface area (Å²) in [4.78, 5) is 72.1. The molecule has 0 spiro atoms. The molecule has 3 fully saturated rings. The van der Waals surface area contributed by atoms with E-state index >= 15 is 0 Å². The number of amides is 5. The van der Waals surface area contributed by atoms with Gasteiger partial charge in [0.05, 0.1) is 21.7 Å². The molecule has 8 rings (SSSR count). The molecular formula is C44H48ClN7O5. The van der Waals surface area contributed by atoms with Gasteiger partial charge in [0.25, 0.3) is 17.7 Å². The molecule has 1 atom stereocenters. The number of carbonyl (C=O) groups excluding carboxylic acids is 5. The summed E-state index contributed by atoms with van der Waals surface area (Å²) in [6.45, 7) is 8.54. The third-order valence-electron chi connectivity index (χ3n) is 12.5. The highest BCUT2D eigenvalue weighted by Gasteiger charge is 2.45. The molecule has 4 heterocycles. The fourth-order valence-electron chi connectivity index (χ4n) is 9.58. The summed E-state index contributed by atoms with van der Waals surface area (Å²) in [5.74, 6) is -1.44. The standard InChI is InChI=1S/C44H48ClN7O5/c1-26(2)51(35-10-5-29(22-46)38(45)21-35)34-11-6-32(7-12-34)47-41(54)28-3-8-33(9-4-28)50-17-15-27(16-18-50)23-49-24-30-19-36-37(20-31(30)25-49)44(57)52(43(36)56)39-13-14-40(53)48-42(39)55/h3-5,8-10,19-21,26-27,32,34,39H,6-7,11-18,23-25H2,1-2H3,(H,47,54)(H,48,53,55)/t32-,34-,39?. The van der Waals surface area contributed by atoms with E-state index in [9.17, 15) is 29.2 Å². The normalized spacial score (nSPS) is 22.7. The zero-order valence-electron chi connectivity index (χ0n) is 32.4. The van der Waals surface area contributed by atoms with Crippen molar-refractivity contribution < 1.29 is 24.0 Å². The maximum absolute atomic E-state index is 13.3. The minimum absolute atomic E-state index is 0.0412. The second kappa shape index (κ2) is 15.9. The van der Waals surface area contributed by atoms with Crippen LogP contribution in [0, 0.1) is 17.2 Å². The van der Waals surface area contributed by atoms with Crippen LogP contribution in [0.5, 0.6) is 0 Å². The molecule has 2 N–H and O–H groups in total. The SMILES string of the molecule is CC(C)N(c1ccc(C#N)c(Cl)c1)[C@H]1CC[C@H](NC(=O)c2ccc(N3CCC(CN4Cc5cc6c(cc5C4)C(=O)N(C4CCC(=O)NC4=O)C6=O)CC3)cc2)CC1. The lowest BCUT2D eigenvalue weighted by molar-refractivity contribution is -0.136. The van der Waals surface area contributed by atoms with Gasteiger partial charge < -0.3 is 15.1 Å². The summed E-state index contributed by atoms with van der Waals surface area (Å²) in [7, 11) is 0. The summed E-state index contributed by atoms with van der Waals surface area (Å²) in [6.07, 6.45) is 6.03. The van der Waals surface area contributed by atoms with E-state index in [0.29, 0.717) is 52.3 Å². The summed E-state index contributed by atoms with van der Waals surface area (Å²) >= 11 is 6.37. The Bertz CT molecular complexity index is 2110. The zero-order valence-corrected chi connectivity index (χ0v) is 33.2. The third-order valence-corrected chi connectivity index (χ3v) is 12.8. The van der Waals surface area contributed by atoms with Gasteiger partial charge in [0, 0.05) is 74.2 Å². The molecule has 57 heavy (non-hydrogen) atoms. The molecule has 1 unspecified atom stereocenters. The molecule has 3 aromatic rings. The number of piperidine rings is 2. The van der Waals surface area contributed by atoms with Crippen molar-refractivity contribution in [2.75, 3.05) is 29.4 Å². The molecule has 2 saturated heterocycles. The molecule has 0 radical (unpaired) electrons. The first-order valence-corrected chi connectivity index (χ1v) is 20.6. The molecule has 1 saturated carbocycles. The van der Waals surface area contributed by atoms with Crippen LogP contribution in [0.2, 0.25) is 5.02 Å². The first-order chi connectivity index (χ1) is 27.5. The number of halogens is 1. The van der Waals surface area contributed by atoms with E-state index in [0.717, 1.165) is 85.6 Å². The van der Waals surface area contributed by atoms with E-state index in [1.165, 1.54) is 0 Å². The lowest BCUT2D eigenvalue weighted by atomic mass is 9.89. The van der Waals surface area contributed by atoms with Crippen molar-refractivity contribution >= 4 is 52.5 Å². The number of carbonyl (C=O) groups is 5. The lowest BCUT2D eigenvalue weighted by Gasteiger charge is -2.41. The van der Waals surface area contributed by atoms with Crippen molar-refractivity contribution in [2.45, 2.75) is 102 Å². The Morgan fingerprint density at radius 3 is 2.12 bits per heavy atom. The average Bonchev–Trinajstić information content (AvgIpc) is 3.70. The van der Waals surface area contributed by atoms with Gasteiger partial charge in [0.1, 0.15) is 12.1 Å². The van der Waals surface area contributed by atoms with E-state index in [-0.39, 0.29) is 36.7 Å². The number of anilines is 2. The molecular weight excluding hydrogens is 742 g/mol. The lowest BCUT2D eigenvalue weighted by Crippen LogP contribution is -2.54. The second-order valence-electron chi connectivity index (χ2n) is 16.5. The first kappa shape index (κ1) is 38.6. The van der Waals surface area contributed by atoms with Gasteiger partial charge in [-0.15, -0.1) is 0 Å². The number of rotatable bonds is 9. The van der Waals surface area contributed by atoms with Crippen molar-refractivity contribution in [1.82, 2.24) is 20.4 Å². The van der Waals surface area contributed by atoms with E-state index in [2.05, 4.69) is 57.4 Å². The van der Waals surface area contributed by atoms with Gasteiger partial charge in [-0.3, -0.25) is 39.1 Å². The van der Waals surface area contributed by atoms with E-state index in [1.54, 1.807) is 6.07 Å². The summed E-state index contributed by atoms with van der Waals surface area (Å²) < 4.78 is 0. The Kier molecular flexibility index (Phi) is 10.8. The Morgan fingerprint density at radius 2 is 1.54 bits per heavy atom. The maximum Gasteiger partial charge on any atom is 0.262 e. The number of hydrogen-bond acceptors (Lipinski definition) is 9. The van der Waals surface area contributed by atoms with Crippen LogP contribution >= 0.6 is 11.6 Å². The van der Waals surface area contributed by atoms with Crippen molar-refractivity contribution in [3.8, 4) is 6.07 Å². The van der Waals surface area contributed by atoms with Gasteiger partial charge in [-0.2, -0.15) is 5.26 Å². The van der Waals surface area contributed by atoms with Gasteiger partial charge in [-0.1, -0.05) is 11.6 Å². The number of fused-ring (bicyclic) bond motifs is 2. The molecule has 5 aliphatic rings. The highest BCUT2D eigenvalue weighted by atomic mass is 35.5. The van der Waals surface area contributed by atoms with Crippen LogP contribution in [-0.4, -0.2) is 83.1 Å². The highest BCUT2D eigenvalue weighted by molar-refractivity contribution is 6.32. The quantitative estimate of drug-likeness (QED) is 0.257. The molecule has 0 bridgehead atoms. The van der Waals surface area contributed by atoms with Crippen LogP contribution in [0.4, 0.5) is 11.4 Å². The molecule has 0 aromatic heterocycles. The zero-order chi connectivity index (χ0) is 40.0. The number of hydrogen-bond donors (Lipinski definition) is 2. The van der Waals surface area contributed by atoms with E-state index in [1.807, 2.05) is 36.4 Å². The minimum Gasteiger partial charge on any atom is -0.372 e. The van der Waals surface area contributed by atoms with Crippen LogP contribution in [0.3, 0.4) is 0 Å². The number of nitrogens with zero attached hydrogens (tertiary/aromatic N) is 5. The Morgan fingerprint density at radius 1 is 0.895 bits per heavy atom. The fraction of sp³-hybridized carbons (Fsp3) is 0.455. The van der Waals surface area contributed by atoms with Crippen LogP contribution < -0.4 is 20.4 Å². The van der Waals surface area contributed by atoms with Crippen LogP contribution in [0.15, 0.2) is 54.6 Å². The fourth-order valence-corrected chi connectivity index (χ4v) is 9.80. The van der Waals surface area contributed by atoms with Crippen molar-refractivity contribution in [1.29, 1.82) is 5.26 Å². The van der Waals surface area contributed by atoms with Crippen molar-refractivity contribution in [2.24, 2.45) is 5.92 Å². The molecule has 13 heteroatoms. The Balaban J connectivity index is 0.791. The molecule has 12 nitrogen and oxygen atoms in total. The predicted octanol–water partition coefficient (Wildman–Crippen LogP) is 5.80. The number of benzene rings is 3. The molecule has 296 valence electrons. The largest absolute Gasteiger partial charge is 0.372 e. The summed E-state index contributed by atoms with van der Waals surface area (Å²) in [5.41, 5.74) is 6.04. The molecule has 3 aromatic carbocycles. The van der Waals surface area contributed by atoms with E-state index < -0.39 is 23.8 Å². The molecule has 1 aliphatic carbocycles. The minimum atomic E-state index is -0.961. The Labute approximate surface area is 338 Å². The van der Waals surface area contributed by atoms with Gasteiger partial charge >= 0.3 is 0 Å². The first-order valence-electron chi connectivity index (χ1n) is 20.2. The third kappa shape index (κ3) is 7.75. The van der Waals surface area contributed by atoms with E-state index in [4.69, 9.17) is 11.6 Å². The maximum atomic E-state index is 13.3. The highest BCUT2D eigenvalue weighted by Crippen LogP contribution is 2.36. The summed E-state index contributed by atoms with van der Waals surface area (Å²) in [6, 6.07) is 19.2. The predicted molar refractivity (Wildman–Crippen MR) is 216 cm³/mol. The topological polar surface area (TPSA) is 146 Å². The van der Waals surface area contributed by atoms with Gasteiger partial charge in [-0.25, -0.2) is 0 Å². The second-order valence-corrected chi connectivity index (χ2v) is 16.9. The molecule has 5 amide bonds. The van der Waals surface area contributed by atoms with Crippen LogP contribution in [0.25, 0.3) is 0 Å². The smallest absolute Gasteiger partial charge is 0.262 e. The van der Waals surface area contributed by atoms with Gasteiger partial charge in [0.15, 0.2) is 0 Å². The number of nitriles is 1.